The molecule has 0 amide bonds. The summed E-state index contributed by atoms with van der Waals surface area (Å²) in [6, 6.07) is 6.10. The SMILES string of the molecule is COc1ccc(CSc2nnc(C)s2)cc1CN. The van der Waals surface area contributed by atoms with E-state index in [1.165, 1.54) is 5.56 Å². The Kier molecular flexibility index (Phi) is 4.57. The van der Waals surface area contributed by atoms with Gasteiger partial charge in [0.2, 0.25) is 0 Å². The summed E-state index contributed by atoms with van der Waals surface area (Å²) in [5, 5.41) is 9.08. The summed E-state index contributed by atoms with van der Waals surface area (Å²) in [6.45, 7) is 2.45. The van der Waals surface area contributed by atoms with E-state index in [1.807, 2.05) is 13.0 Å². The highest BCUT2D eigenvalue weighted by Gasteiger charge is 2.05. The molecule has 0 unspecified atom stereocenters. The molecule has 96 valence electrons. The van der Waals surface area contributed by atoms with Crippen LogP contribution in [0.5, 0.6) is 5.75 Å². The number of ether oxygens (including phenoxy) is 1. The number of aromatic nitrogens is 2. The second-order valence-electron chi connectivity index (χ2n) is 3.73. The summed E-state index contributed by atoms with van der Waals surface area (Å²) in [6.07, 6.45) is 0. The third kappa shape index (κ3) is 3.22. The van der Waals surface area contributed by atoms with Gasteiger partial charge in [0, 0.05) is 17.9 Å². The van der Waals surface area contributed by atoms with Crippen molar-refractivity contribution in [2.45, 2.75) is 23.6 Å². The molecule has 0 fully saturated rings. The van der Waals surface area contributed by atoms with Crippen LogP contribution in [0, 0.1) is 6.92 Å². The average Bonchev–Trinajstić information content (AvgIpc) is 2.81. The van der Waals surface area contributed by atoms with Crippen molar-refractivity contribution in [3.63, 3.8) is 0 Å². The second-order valence-corrected chi connectivity index (χ2v) is 6.13. The molecule has 0 radical (unpaired) electrons. The Balaban J connectivity index is 2.05. The minimum atomic E-state index is 0.486. The maximum absolute atomic E-state index is 5.70. The standard InChI is InChI=1S/C12H15N3OS2/c1-8-14-15-12(18-8)17-7-9-3-4-11(16-2)10(5-9)6-13/h3-5H,6-7,13H2,1-2H3. The van der Waals surface area contributed by atoms with E-state index in [4.69, 9.17) is 10.5 Å². The Hall–Kier alpha value is -1.11. The van der Waals surface area contributed by atoms with Crippen molar-refractivity contribution in [3.05, 3.63) is 34.3 Å². The minimum Gasteiger partial charge on any atom is -0.496 e. The van der Waals surface area contributed by atoms with Gasteiger partial charge < -0.3 is 10.5 Å². The molecule has 0 aliphatic carbocycles. The molecule has 0 spiro atoms. The predicted molar refractivity (Wildman–Crippen MR) is 75.1 cm³/mol. The van der Waals surface area contributed by atoms with Crippen LogP contribution in [0.1, 0.15) is 16.1 Å². The number of nitrogens with zero attached hydrogens (tertiary/aromatic N) is 2. The van der Waals surface area contributed by atoms with Gasteiger partial charge in [-0.25, -0.2) is 0 Å². The van der Waals surface area contributed by atoms with Gasteiger partial charge in [0.1, 0.15) is 10.8 Å². The van der Waals surface area contributed by atoms with Crippen LogP contribution in [-0.2, 0) is 12.3 Å². The number of rotatable bonds is 5. The van der Waals surface area contributed by atoms with Crippen LogP contribution in [0.4, 0.5) is 0 Å². The molecule has 1 heterocycles. The summed E-state index contributed by atoms with van der Waals surface area (Å²) in [5.41, 5.74) is 7.95. The van der Waals surface area contributed by atoms with E-state index in [9.17, 15) is 0 Å². The zero-order valence-electron chi connectivity index (χ0n) is 10.3. The first-order valence-electron chi connectivity index (χ1n) is 5.51. The van der Waals surface area contributed by atoms with Gasteiger partial charge in [0.25, 0.3) is 0 Å². The average molecular weight is 281 g/mol. The summed E-state index contributed by atoms with van der Waals surface area (Å²) >= 11 is 3.31. The largest absolute Gasteiger partial charge is 0.496 e. The minimum absolute atomic E-state index is 0.486. The molecule has 0 saturated carbocycles. The molecule has 0 aliphatic rings. The fourth-order valence-corrected chi connectivity index (χ4v) is 3.32. The molecular weight excluding hydrogens is 266 g/mol. The predicted octanol–water partition coefficient (Wildman–Crippen LogP) is 2.61. The number of aryl methyl sites for hydroxylation is 1. The number of benzene rings is 1. The fourth-order valence-electron chi connectivity index (χ4n) is 1.56. The maximum Gasteiger partial charge on any atom is 0.174 e. The molecule has 0 bridgehead atoms. The van der Waals surface area contributed by atoms with E-state index < -0.39 is 0 Å². The lowest BCUT2D eigenvalue weighted by Crippen LogP contribution is -2.00. The van der Waals surface area contributed by atoms with Gasteiger partial charge in [-0.15, -0.1) is 10.2 Å². The van der Waals surface area contributed by atoms with Gasteiger partial charge in [0.05, 0.1) is 7.11 Å². The maximum atomic E-state index is 5.70. The van der Waals surface area contributed by atoms with Crippen LogP contribution in [0.3, 0.4) is 0 Å². The van der Waals surface area contributed by atoms with Crippen LogP contribution in [0.2, 0.25) is 0 Å². The van der Waals surface area contributed by atoms with Gasteiger partial charge in [-0.1, -0.05) is 29.2 Å². The van der Waals surface area contributed by atoms with Crippen molar-refractivity contribution in [3.8, 4) is 5.75 Å². The third-order valence-electron chi connectivity index (χ3n) is 2.43. The van der Waals surface area contributed by atoms with Crippen molar-refractivity contribution < 1.29 is 4.74 Å². The van der Waals surface area contributed by atoms with Gasteiger partial charge in [-0.3, -0.25) is 0 Å². The van der Waals surface area contributed by atoms with Gasteiger partial charge >= 0.3 is 0 Å². The van der Waals surface area contributed by atoms with Gasteiger partial charge in [0.15, 0.2) is 4.34 Å². The smallest absolute Gasteiger partial charge is 0.174 e. The van der Waals surface area contributed by atoms with Gasteiger partial charge in [-0.2, -0.15) is 0 Å². The van der Waals surface area contributed by atoms with Crippen molar-refractivity contribution >= 4 is 23.1 Å². The molecule has 0 atom stereocenters. The molecule has 0 aliphatic heterocycles. The highest BCUT2D eigenvalue weighted by Crippen LogP contribution is 2.27. The normalized spacial score (nSPS) is 10.6. The Bertz CT molecular complexity index is 528. The monoisotopic (exact) mass is 281 g/mol. The zero-order valence-corrected chi connectivity index (χ0v) is 12.0. The first kappa shape index (κ1) is 13.3. The Morgan fingerprint density at radius 3 is 2.83 bits per heavy atom. The Morgan fingerprint density at radius 2 is 2.22 bits per heavy atom. The van der Waals surface area contributed by atoms with Crippen LogP contribution < -0.4 is 10.5 Å². The van der Waals surface area contributed by atoms with E-state index in [0.29, 0.717) is 6.54 Å². The molecule has 2 rings (SSSR count). The lowest BCUT2D eigenvalue weighted by Gasteiger charge is -2.08. The molecule has 2 aromatic rings. The highest BCUT2D eigenvalue weighted by atomic mass is 32.2. The Morgan fingerprint density at radius 1 is 1.39 bits per heavy atom. The van der Waals surface area contributed by atoms with E-state index in [2.05, 4.69) is 22.3 Å². The zero-order chi connectivity index (χ0) is 13.0. The quantitative estimate of drug-likeness (QED) is 0.854. The van der Waals surface area contributed by atoms with Gasteiger partial charge in [-0.05, 0) is 24.6 Å². The van der Waals surface area contributed by atoms with Crippen LogP contribution in [-0.4, -0.2) is 17.3 Å². The molecule has 4 nitrogen and oxygen atoms in total. The number of nitrogens with two attached hydrogens (primary N) is 1. The lowest BCUT2D eigenvalue weighted by molar-refractivity contribution is 0.409. The Labute approximate surface area is 115 Å². The molecule has 1 aromatic carbocycles. The van der Waals surface area contributed by atoms with Crippen molar-refractivity contribution in [2.24, 2.45) is 5.73 Å². The lowest BCUT2D eigenvalue weighted by atomic mass is 10.1. The molecular formula is C12H15N3OS2. The van der Waals surface area contributed by atoms with E-state index in [0.717, 1.165) is 26.4 Å². The van der Waals surface area contributed by atoms with Crippen molar-refractivity contribution in [1.82, 2.24) is 10.2 Å². The van der Waals surface area contributed by atoms with E-state index in [-0.39, 0.29) is 0 Å². The molecule has 6 heteroatoms. The first-order valence-corrected chi connectivity index (χ1v) is 7.32. The first-order chi connectivity index (χ1) is 8.72. The third-order valence-corrected chi connectivity index (χ3v) is 4.48. The number of hydrogen-bond acceptors (Lipinski definition) is 6. The summed E-state index contributed by atoms with van der Waals surface area (Å²) in [4.78, 5) is 0. The molecule has 0 saturated heterocycles. The molecule has 1 aromatic heterocycles. The molecule has 18 heavy (non-hydrogen) atoms. The second kappa shape index (κ2) is 6.17. The summed E-state index contributed by atoms with van der Waals surface area (Å²) in [7, 11) is 1.66. The number of methoxy groups -OCH3 is 1. The van der Waals surface area contributed by atoms with Crippen LogP contribution in [0.25, 0.3) is 0 Å². The topological polar surface area (TPSA) is 61.0 Å². The van der Waals surface area contributed by atoms with Crippen molar-refractivity contribution in [2.75, 3.05) is 7.11 Å². The van der Waals surface area contributed by atoms with E-state index >= 15 is 0 Å². The van der Waals surface area contributed by atoms with Crippen LogP contribution >= 0.6 is 23.1 Å². The fraction of sp³-hybridized carbons (Fsp3) is 0.333. The highest BCUT2D eigenvalue weighted by molar-refractivity contribution is 8.00. The van der Waals surface area contributed by atoms with Crippen LogP contribution in [0.15, 0.2) is 22.5 Å². The molecule has 2 N–H and O–H groups in total. The van der Waals surface area contributed by atoms with Crippen molar-refractivity contribution in [1.29, 1.82) is 0 Å². The summed E-state index contributed by atoms with van der Waals surface area (Å²) in [5.74, 6) is 1.71. The number of hydrogen-bond donors (Lipinski definition) is 1. The summed E-state index contributed by atoms with van der Waals surface area (Å²) < 4.78 is 6.25. The van der Waals surface area contributed by atoms with E-state index in [1.54, 1.807) is 30.2 Å². The number of thioether (sulfide) groups is 1.